The monoisotopic (exact) mass is 391 g/mol. The molecule has 0 radical (unpaired) electrons. The lowest BCUT2D eigenvalue weighted by Gasteiger charge is -2.01. The summed E-state index contributed by atoms with van der Waals surface area (Å²) in [7, 11) is 0. The lowest BCUT2D eigenvalue weighted by atomic mass is 10.2. The molecule has 0 bridgehead atoms. The number of rotatable bonds is 4. The van der Waals surface area contributed by atoms with Gasteiger partial charge in [-0.25, -0.2) is 0 Å². The summed E-state index contributed by atoms with van der Waals surface area (Å²) >= 11 is 1.22. The highest BCUT2D eigenvalue weighted by Gasteiger charge is 2.13. The number of benzene rings is 2. The summed E-state index contributed by atoms with van der Waals surface area (Å²) in [5, 5.41) is 11.0. The second kappa shape index (κ2) is 7.12. The molecule has 0 N–H and O–H groups in total. The molecule has 138 valence electrons. The van der Waals surface area contributed by atoms with Crippen LogP contribution in [0.5, 0.6) is 0 Å². The third-order valence-electron chi connectivity index (χ3n) is 4.10. The Hall–Kier alpha value is -3.72. The van der Waals surface area contributed by atoms with Crippen molar-refractivity contribution in [1.29, 1.82) is 0 Å². The van der Waals surface area contributed by atoms with Crippen LogP contribution in [0.15, 0.2) is 66.4 Å². The molecular formula is C19H13N5O3S. The Balaban J connectivity index is 1.84. The standard InChI is InChI=1S/C19H13N5O3S/c1-2-9-23-16-6-4-13(24(26)27)11-17(16)28-19(23)22-18(25)12-3-5-14-15(10-12)21-8-7-20-14/h2-8,10-11H,1,9H2. The predicted molar refractivity (Wildman–Crippen MR) is 106 cm³/mol. The summed E-state index contributed by atoms with van der Waals surface area (Å²) < 4.78 is 2.47. The molecule has 28 heavy (non-hydrogen) atoms. The molecule has 2 heterocycles. The van der Waals surface area contributed by atoms with Crippen LogP contribution in [0.3, 0.4) is 0 Å². The fourth-order valence-electron chi connectivity index (χ4n) is 2.81. The van der Waals surface area contributed by atoms with Crippen LogP contribution in [-0.4, -0.2) is 25.4 Å². The molecule has 0 saturated carbocycles. The van der Waals surface area contributed by atoms with E-state index in [4.69, 9.17) is 0 Å². The van der Waals surface area contributed by atoms with Gasteiger partial charge >= 0.3 is 0 Å². The fraction of sp³-hybridized carbons (Fsp3) is 0.0526. The number of hydrogen-bond acceptors (Lipinski definition) is 6. The molecule has 4 aromatic rings. The zero-order valence-electron chi connectivity index (χ0n) is 14.5. The summed E-state index contributed by atoms with van der Waals surface area (Å²) in [4.78, 5) is 36.4. The van der Waals surface area contributed by atoms with E-state index in [1.165, 1.54) is 23.5 Å². The minimum absolute atomic E-state index is 0.00881. The van der Waals surface area contributed by atoms with E-state index in [1.807, 2.05) is 0 Å². The van der Waals surface area contributed by atoms with Crippen molar-refractivity contribution in [2.45, 2.75) is 6.54 Å². The molecule has 0 aliphatic heterocycles. The lowest BCUT2D eigenvalue weighted by molar-refractivity contribution is -0.384. The molecule has 4 rings (SSSR count). The maximum Gasteiger partial charge on any atom is 0.279 e. The Morgan fingerprint density at radius 3 is 2.75 bits per heavy atom. The highest BCUT2D eigenvalue weighted by molar-refractivity contribution is 7.16. The number of non-ortho nitro benzene ring substituents is 1. The van der Waals surface area contributed by atoms with Crippen LogP contribution >= 0.6 is 11.3 Å². The molecule has 9 heteroatoms. The van der Waals surface area contributed by atoms with Crippen LogP contribution in [0.1, 0.15) is 10.4 Å². The van der Waals surface area contributed by atoms with Crippen LogP contribution in [0.25, 0.3) is 21.3 Å². The molecular weight excluding hydrogens is 378 g/mol. The normalized spacial score (nSPS) is 11.8. The van der Waals surface area contributed by atoms with Gasteiger partial charge in [0.1, 0.15) is 0 Å². The number of amides is 1. The first kappa shape index (κ1) is 17.7. The van der Waals surface area contributed by atoms with Crippen molar-refractivity contribution in [2.24, 2.45) is 4.99 Å². The molecule has 0 fully saturated rings. The summed E-state index contributed by atoms with van der Waals surface area (Å²) in [5.41, 5.74) is 2.43. The van der Waals surface area contributed by atoms with E-state index in [2.05, 4.69) is 21.5 Å². The van der Waals surface area contributed by atoms with Crippen LogP contribution < -0.4 is 4.80 Å². The molecule has 0 unspecified atom stereocenters. The van der Waals surface area contributed by atoms with Crippen molar-refractivity contribution in [3.8, 4) is 0 Å². The number of thiazole rings is 1. The van der Waals surface area contributed by atoms with Crippen molar-refractivity contribution in [3.63, 3.8) is 0 Å². The number of hydrogen-bond donors (Lipinski definition) is 0. The molecule has 0 aliphatic carbocycles. The number of nitro benzene ring substituents is 1. The minimum Gasteiger partial charge on any atom is -0.312 e. The smallest absolute Gasteiger partial charge is 0.279 e. The average molecular weight is 391 g/mol. The first-order chi connectivity index (χ1) is 13.6. The second-order valence-corrected chi connectivity index (χ2v) is 6.88. The number of carbonyl (C=O) groups excluding carboxylic acids is 1. The van der Waals surface area contributed by atoms with Crippen molar-refractivity contribution >= 4 is 44.2 Å². The molecule has 2 aromatic carbocycles. The van der Waals surface area contributed by atoms with E-state index in [1.54, 1.807) is 47.3 Å². The van der Waals surface area contributed by atoms with Gasteiger partial charge in [-0.05, 0) is 24.3 Å². The maximum absolute atomic E-state index is 12.7. The molecule has 0 atom stereocenters. The minimum atomic E-state index is -0.449. The first-order valence-electron chi connectivity index (χ1n) is 8.25. The number of allylic oxidation sites excluding steroid dienone is 1. The lowest BCUT2D eigenvalue weighted by Crippen LogP contribution is -2.16. The van der Waals surface area contributed by atoms with Crippen LogP contribution in [0, 0.1) is 10.1 Å². The summed E-state index contributed by atoms with van der Waals surface area (Å²) in [6.07, 6.45) is 4.83. The van der Waals surface area contributed by atoms with E-state index in [0.717, 1.165) is 5.52 Å². The Labute approximate surface area is 162 Å². The number of aromatic nitrogens is 3. The van der Waals surface area contributed by atoms with Gasteiger partial charge in [0.15, 0.2) is 4.80 Å². The predicted octanol–water partition coefficient (Wildman–Crippen LogP) is 3.48. The van der Waals surface area contributed by atoms with Crippen molar-refractivity contribution < 1.29 is 9.72 Å². The molecule has 8 nitrogen and oxygen atoms in total. The van der Waals surface area contributed by atoms with Crippen molar-refractivity contribution in [1.82, 2.24) is 14.5 Å². The van der Waals surface area contributed by atoms with Gasteiger partial charge in [0, 0.05) is 36.6 Å². The van der Waals surface area contributed by atoms with Gasteiger partial charge in [-0.15, -0.1) is 6.58 Å². The Morgan fingerprint density at radius 1 is 1.21 bits per heavy atom. The third-order valence-corrected chi connectivity index (χ3v) is 5.14. The molecule has 1 amide bonds. The second-order valence-electron chi connectivity index (χ2n) is 5.87. The summed E-state index contributed by atoms with van der Waals surface area (Å²) in [6, 6.07) is 9.58. The van der Waals surface area contributed by atoms with E-state index in [-0.39, 0.29) is 5.69 Å². The Kier molecular flexibility index (Phi) is 4.50. The van der Waals surface area contributed by atoms with Gasteiger partial charge in [-0.3, -0.25) is 24.9 Å². The van der Waals surface area contributed by atoms with Crippen LogP contribution in [0.2, 0.25) is 0 Å². The number of nitrogens with zero attached hydrogens (tertiary/aromatic N) is 5. The number of nitro groups is 1. The zero-order chi connectivity index (χ0) is 19.7. The van der Waals surface area contributed by atoms with E-state index in [0.29, 0.717) is 32.6 Å². The van der Waals surface area contributed by atoms with Crippen molar-refractivity contribution in [3.05, 3.63) is 81.9 Å². The number of fused-ring (bicyclic) bond motifs is 2. The van der Waals surface area contributed by atoms with Gasteiger partial charge in [0.25, 0.3) is 11.6 Å². The summed E-state index contributed by atoms with van der Waals surface area (Å²) in [5.74, 6) is -0.425. The van der Waals surface area contributed by atoms with E-state index in [9.17, 15) is 14.9 Å². The van der Waals surface area contributed by atoms with Crippen LogP contribution in [-0.2, 0) is 6.54 Å². The molecule has 0 saturated heterocycles. The molecule has 2 aromatic heterocycles. The SMILES string of the molecule is C=CCn1c(=NC(=O)c2ccc3nccnc3c2)sc2cc([N+](=O)[O-])ccc21. The van der Waals surface area contributed by atoms with Gasteiger partial charge < -0.3 is 4.57 Å². The van der Waals surface area contributed by atoms with Gasteiger partial charge in [0.2, 0.25) is 0 Å². The van der Waals surface area contributed by atoms with Crippen LogP contribution in [0.4, 0.5) is 5.69 Å². The highest BCUT2D eigenvalue weighted by Crippen LogP contribution is 2.23. The quantitative estimate of drug-likeness (QED) is 0.301. The largest absolute Gasteiger partial charge is 0.312 e. The Bertz CT molecular complexity index is 1320. The number of carbonyl (C=O) groups is 1. The Morgan fingerprint density at radius 2 is 2.00 bits per heavy atom. The van der Waals surface area contributed by atoms with Gasteiger partial charge in [-0.1, -0.05) is 17.4 Å². The van der Waals surface area contributed by atoms with E-state index < -0.39 is 10.8 Å². The van der Waals surface area contributed by atoms with E-state index >= 15 is 0 Å². The molecule has 0 spiro atoms. The van der Waals surface area contributed by atoms with Gasteiger partial charge in [-0.2, -0.15) is 4.99 Å². The average Bonchev–Trinajstić information content (AvgIpc) is 3.04. The van der Waals surface area contributed by atoms with Gasteiger partial charge in [0.05, 0.1) is 26.2 Å². The van der Waals surface area contributed by atoms with Crippen molar-refractivity contribution in [2.75, 3.05) is 0 Å². The fourth-order valence-corrected chi connectivity index (χ4v) is 3.88. The maximum atomic E-state index is 12.7. The summed E-state index contributed by atoms with van der Waals surface area (Å²) in [6.45, 7) is 4.16. The highest BCUT2D eigenvalue weighted by atomic mass is 32.1. The molecule has 0 aliphatic rings. The topological polar surface area (TPSA) is 103 Å². The third kappa shape index (κ3) is 3.19. The first-order valence-corrected chi connectivity index (χ1v) is 9.07. The zero-order valence-corrected chi connectivity index (χ0v) is 15.3.